The number of nitrogens with zero attached hydrogens (tertiary/aromatic N) is 4. The fraction of sp³-hybridized carbons (Fsp3) is 0.286. The van der Waals surface area contributed by atoms with Crippen LogP contribution in [0, 0.1) is 0 Å². The second-order valence-corrected chi connectivity index (χ2v) is 6.57. The van der Waals surface area contributed by atoms with E-state index in [1.807, 2.05) is 36.4 Å². The molecule has 7 heteroatoms. The van der Waals surface area contributed by atoms with Gasteiger partial charge in [0.2, 0.25) is 0 Å². The number of rotatable bonds is 8. The van der Waals surface area contributed by atoms with Crippen LogP contribution in [-0.4, -0.2) is 44.0 Å². The van der Waals surface area contributed by atoms with Crippen molar-refractivity contribution in [2.45, 2.75) is 18.4 Å². The Bertz CT molecular complexity index is 884. The number of hydrogen-bond acceptors (Lipinski definition) is 6. The quantitative estimate of drug-likeness (QED) is 0.658. The Hall–Kier alpha value is -3.35. The minimum absolute atomic E-state index is 0.0717. The molecule has 1 heterocycles. The van der Waals surface area contributed by atoms with Gasteiger partial charge in [-0.3, -0.25) is 4.79 Å². The van der Waals surface area contributed by atoms with Gasteiger partial charge in [0, 0.05) is 25.9 Å². The summed E-state index contributed by atoms with van der Waals surface area (Å²) in [6, 6.07) is 14.8. The second-order valence-electron chi connectivity index (χ2n) is 6.57. The molecule has 1 aliphatic rings. The second kappa shape index (κ2) is 9.03. The van der Waals surface area contributed by atoms with Gasteiger partial charge in [-0.05, 0) is 28.5 Å². The Labute approximate surface area is 163 Å². The summed E-state index contributed by atoms with van der Waals surface area (Å²) in [5.41, 5.74) is 2.28. The fourth-order valence-electron chi connectivity index (χ4n) is 3.21. The zero-order valence-electron chi connectivity index (χ0n) is 15.9. The number of methoxy groups -OCH3 is 1. The van der Waals surface area contributed by atoms with Gasteiger partial charge in [-0.1, -0.05) is 36.4 Å². The van der Waals surface area contributed by atoms with E-state index in [0.29, 0.717) is 24.3 Å². The maximum absolute atomic E-state index is 13.1. The van der Waals surface area contributed by atoms with Crippen LogP contribution in [0.5, 0.6) is 5.75 Å². The maximum Gasteiger partial charge on any atom is 0.257 e. The number of hydrogen-bond donors (Lipinski definition) is 0. The van der Waals surface area contributed by atoms with Crippen LogP contribution >= 0.6 is 0 Å². The van der Waals surface area contributed by atoms with Gasteiger partial charge in [-0.15, -0.1) is 5.10 Å². The summed E-state index contributed by atoms with van der Waals surface area (Å²) in [5.74, 6) is 0.231. The van der Waals surface area contributed by atoms with Gasteiger partial charge < -0.3 is 14.4 Å². The number of ether oxygens (including phenoxy) is 1. The van der Waals surface area contributed by atoms with E-state index in [-0.39, 0.29) is 17.9 Å². The molecule has 2 aromatic rings. The molecule has 2 atom stereocenters. The van der Waals surface area contributed by atoms with Crippen LogP contribution in [0.2, 0.25) is 0 Å². The highest BCUT2D eigenvalue weighted by atomic mass is 16.5. The van der Waals surface area contributed by atoms with E-state index in [1.165, 1.54) is 7.11 Å². The summed E-state index contributed by atoms with van der Waals surface area (Å²) in [6.07, 6.45) is 2.86. The molecule has 1 aliphatic heterocycles. The highest BCUT2D eigenvalue weighted by Gasteiger charge is 2.23. The predicted octanol–water partition coefficient (Wildman–Crippen LogP) is 3.63. The van der Waals surface area contributed by atoms with Crippen molar-refractivity contribution in [2.24, 2.45) is 15.4 Å². The van der Waals surface area contributed by atoms with Gasteiger partial charge in [-0.2, -0.15) is 5.11 Å². The summed E-state index contributed by atoms with van der Waals surface area (Å²) >= 11 is 0. The van der Waals surface area contributed by atoms with E-state index >= 15 is 0 Å². The van der Waals surface area contributed by atoms with Crippen LogP contribution in [0.25, 0.3) is 0 Å². The molecule has 7 nitrogen and oxygen atoms in total. The van der Waals surface area contributed by atoms with Crippen LogP contribution in [0.4, 0.5) is 0 Å². The molecule has 0 spiro atoms. The molecule has 0 aliphatic carbocycles. The number of benzene rings is 2. The Morgan fingerprint density at radius 1 is 1.25 bits per heavy atom. The average molecular weight is 378 g/mol. The van der Waals surface area contributed by atoms with Crippen LogP contribution in [0.15, 0.2) is 64.0 Å². The SMILES string of the molecule is COc1ccc(C2C=NN=N2)cc1C(=O)N(C)CC(CC=O)c1ccccc1. The van der Waals surface area contributed by atoms with E-state index in [2.05, 4.69) is 15.4 Å². The largest absolute Gasteiger partial charge is 0.496 e. The predicted molar refractivity (Wildman–Crippen MR) is 106 cm³/mol. The van der Waals surface area contributed by atoms with Crippen molar-refractivity contribution in [1.82, 2.24) is 4.90 Å². The maximum atomic E-state index is 13.1. The van der Waals surface area contributed by atoms with Crippen molar-refractivity contribution < 1.29 is 14.3 Å². The third kappa shape index (κ3) is 4.31. The lowest BCUT2D eigenvalue weighted by molar-refractivity contribution is -0.108. The first-order valence-corrected chi connectivity index (χ1v) is 8.99. The molecular weight excluding hydrogens is 356 g/mol. The van der Waals surface area contributed by atoms with Crippen molar-refractivity contribution in [3.05, 3.63) is 65.2 Å². The lowest BCUT2D eigenvalue weighted by Gasteiger charge is -2.24. The summed E-state index contributed by atoms with van der Waals surface area (Å²) in [4.78, 5) is 25.9. The van der Waals surface area contributed by atoms with Gasteiger partial charge in [0.05, 0.1) is 18.9 Å². The van der Waals surface area contributed by atoms with Crippen LogP contribution in [0.3, 0.4) is 0 Å². The first-order chi connectivity index (χ1) is 13.6. The number of aldehydes is 1. The van der Waals surface area contributed by atoms with Gasteiger partial charge in [-0.25, -0.2) is 0 Å². The third-order valence-electron chi connectivity index (χ3n) is 4.72. The summed E-state index contributed by atoms with van der Waals surface area (Å²) in [7, 11) is 3.26. The number of likely N-dealkylation sites (N-methyl/N-ethyl adjacent to an activating group) is 1. The van der Waals surface area contributed by atoms with Gasteiger partial charge >= 0.3 is 0 Å². The summed E-state index contributed by atoms with van der Waals surface area (Å²) in [6.45, 7) is 0.416. The Morgan fingerprint density at radius 2 is 2.04 bits per heavy atom. The average Bonchev–Trinajstić information content (AvgIpc) is 3.28. The molecule has 3 rings (SSSR count). The molecule has 0 radical (unpaired) electrons. The molecule has 28 heavy (non-hydrogen) atoms. The van der Waals surface area contributed by atoms with Crippen LogP contribution < -0.4 is 4.74 Å². The van der Waals surface area contributed by atoms with Crippen molar-refractivity contribution >= 4 is 18.4 Å². The topological polar surface area (TPSA) is 83.7 Å². The van der Waals surface area contributed by atoms with Crippen molar-refractivity contribution in [1.29, 1.82) is 0 Å². The molecule has 0 saturated carbocycles. The van der Waals surface area contributed by atoms with Crippen molar-refractivity contribution in [2.75, 3.05) is 20.7 Å². The molecule has 0 bridgehead atoms. The third-order valence-corrected chi connectivity index (χ3v) is 4.72. The zero-order valence-corrected chi connectivity index (χ0v) is 15.9. The minimum Gasteiger partial charge on any atom is -0.496 e. The Balaban J connectivity index is 1.83. The highest BCUT2D eigenvalue weighted by molar-refractivity contribution is 5.97. The van der Waals surface area contributed by atoms with Crippen LogP contribution in [-0.2, 0) is 4.79 Å². The van der Waals surface area contributed by atoms with E-state index in [0.717, 1.165) is 17.4 Å². The van der Waals surface area contributed by atoms with Gasteiger partial charge in [0.15, 0.2) is 0 Å². The van der Waals surface area contributed by atoms with Gasteiger partial charge in [0.25, 0.3) is 5.91 Å². The first kappa shape index (κ1) is 19.4. The molecule has 2 unspecified atom stereocenters. The number of amides is 1. The lowest BCUT2D eigenvalue weighted by atomic mass is 9.95. The molecular formula is C21H22N4O3. The molecule has 0 fully saturated rings. The molecule has 0 saturated heterocycles. The van der Waals surface area contributed by atoms with Crippen molar-refractivity contribution in [3.8, 4) is 5.75 Å². The molecule has 1 amide bonds. The molecule has 0 N–H and O–H groups in total. The van der Waals surface area contributed by atoms with E-state index in [1.54, 1.807) is 30.3 Å². The fourth-order valence-corrected chi connectivity index (χ4v) is 3.21. The molecule has 0 aromatic heterocycles. The smallest absolute Gasteiger partial charge is 0.257 e. The monoisotopic (exact) mass is 378 g/mol. The molecule has 144 valence electrons. The summed E-state index contributed by atoms with van der Waals surface area (Å²) in [5, 5.41) is 11.4. The van der Waals surface area contributed by atoms with Crippen molar-refractivity contribution in [3.63, 3.8) is 0 Å². The standard InChI is InChI=1S/C21H22N4O3/c1-25(14-17(10-11-26)15-6-4-3-5-7-15)21(27)18-12-16(8-9-20(18)28-2)19-13-22-24-23-19/h3-9,11-13,17,19H,10,14H2,1-2H3. The Kier molecular flexibility index (Phi) is 6.26. The normalized spacial score (nSPS) is 16.0. The number of carbonyl (C=O) groups excluding carboxylic acids is 2. The zero-order chi connectivity index (χ0) is 19.9. The van der Waals surface area contributed by atoms with E-state index < -0.39 is 0 Å². The Morgan fingerprint density at radius 3 is 2.68 bits per heavy atom. The molecule has 2 aromatic carbocycles. The minimum atomic E-state index is -0.296. The van der Waals surface area contributed by atoms with Crippen LogP contribution in [0.1, 0.15) is 39.9 Å². The first-order valence-electron chi connectivity index (χ1n) is 8.99. The number of carbonyl (C=O) groups is 2. The summed E-state index contributed by atoms with van der Waals surface area (Å²) < 4.78 is 5.38. The van der Waals surface area contributed by atoms with Gasteiger partial charge in [0.1, 0.15) is 18.1 Å². The van der Waals surface area contributed by atoms with E-state index in [4.69, 9.17) is 4.74 Å². The van der Waals surface area contributed by atoms with E-state index in [9.17, 15) is 9.59 Å². The lowest BCUT2D eigenvalue weighted by Crippen LogP contribution is -2.31. The highest BCUT2D eigenvalue weighted by Crippen LogP contribution is 2.28.